The predicted molar refractivity (Wildman–Crippen MR) is 111 cm³/mol. The van der Waals surface area contributed by atoms with Gasteiger partial charge in [0.1, 0.15) is 11.5 Å². The van der Waals surface area contributed by atoms with Crippen LogP contribution in [0.15, 0.2) is 53.5 Å². The van der Waals surface area contributed by atoms with E-state index in [1.54, 1.807) is 0 Å². The van der Waals surface area contributed by atoms with Crippen molar-refractivity contribution < 1.29 is 9.59 Å². The molecule has 0 saturated carbocycles. The fourth-order valence-corrected chi connectivity index (χ4v) is 3.64. The zero-order valence-electron chi connectivity index (χ0n) is 16.0. The van der Waals surface area contributed by atoms with Gasteiger partial charge < -0.3 is 16.0 Å². The number of imidazole rings is 1. The highest BCUT2D eigenvalue weighted by Crippen LogP contribution is 2.28. The molecule has 8 nitrogen and oxygen atoms in total. The number of aromatic nitrogens is 2. The molecule has 2 aromatic carbocycles. The topological polar surface area (TPSA) is 125 Å². The van der Waals surface area contributed by atoms with Crippen LogP contribution in [0, 0.1) is 0 Å². The number of carbonyl (C=O) groups is 2. The summed E-state index contributed by atoms with van der Waals surface area (Å²) in [7, 11) is 0. The van der Waals surface area contributed by atoms with E-state index in [4.69, 9.17) is 5.73 Å². The largest absolute Gasteiger partial charge is 0.367 e. The van der Waals surface area contributed by atoms with Gasteiger partial charge in [0.05, 0.1) is 17.7 Å². The molecular weight excluding hydrogens is 368 g/mol. The minimum atomic E-state index is -1.62. The fraction of sp³-hybridized carbons (Fsp3) is 0.238. The maximum absolute atomic E-state index is 13.1. The summed E-state index contributed by atoms with van der Waals surface area (Å²) in [5, 5.41) is 5.86. The summed E-state index contributed by atoms with van der Waals surface area (Å²) >= 11 is 0. The fourth-order valence-electron chi connectivity index (χ4n) is 3.64. The number of H-pyrrole nitrogens is 1. The number of anilines is 1. The molecular formula is C21H22N6O2. The van der Waals surface area contributed by atoms with E-state index in [1.165, 1.54) is 0 Å². The summed E-state index contributed by atoms with van der Waals surface area (Å²) in [5.74, 6) is -0.984. The maximum atomic E-state index is 13.1. The first-order valence-electron chi connectivity index (χ1n) is 9.50. The molecule has 0 aliphatic carbocycles. The molecule has 1 aromatic heterocycles. The molecule has 1 atom stereocenters. The van der Waals surface area contributed by atoms with Gasteiger partial charge in [0.15, 0.2) is 0 Å². The number of nitrogens with zero attached hydrogens (tertiary/aromatic N) is 2. The van der Waals surface area contributed by atoms with Gasteiger partial charge in [-0.1, -0.05) is 43.7 Å². The lowest BCUT2D eigenvalue weighted by atomic mass is 9.91. The Labute approximate surface area is 167 Å². The molecule has 1 aliphatic heterocycles. The normalized spacial score (nSPS) is 18.6. The van der Waals surface area contributed by atoms with Gasteiger partial charge in [0.25, 0.3) is 11.8 Å². The molecule has 5 N–H and O–H groups in total. The van der Waals surface area contributed by atoms with E-state index in [9.17, 15) is 9.59 Å². The summed E-state index contributed by atoms with van der Waals surface area (Å²) in [5.41, 5.74) is 7.26. The van der Waals surface area contributed by atoms with Crippen LogP contribution >= 0.6 is 0 Å². The number of fused-ring (bicyclic) bond motifs is 1. The zero-order chi connectivity index (χ0) is 20.4. The number of aliphatic imine (C=N–C) groups is 1. The summed E-state index contributed by atoms with van der Waals surface area (Å²) in [6, 6.07) is 14.9. The lowest BCUT2D eigenvalue weighted by molar-refractivity contribution is -0.123. The number of aromatic amines is 1. The highest BCUT2D eigenvalue weighted by molar-refractivity contribution is 6.50. The van der Waals surface area contributed by atoms with Crippen LogP contribution in [-0.2, 0) is 21.5 Å². The quantitative estimate of drug-likeness (QED) is 0.512. The van der Waals surface area contributed by atoms with Crippen LogP contribution in [0.2, 0.25) is 0 Å². The van der Waals surface area contributed by atoms with E-state index < -0.39 is 17.4 Å². The molecule has 0 saturated heterocycles. The molecule has 0 fully saturated rings. The Kier molecular flexibility index (Phi) is 4.85. The van der Waals surface area contributed by atoms with Crippen LogP contribution in [0.4, 0.5) is 5.69 Å². The summed E-state index contributed by atoms with van der Waals surface area (Å²) in [6.45, 7) is 2.16. The molecule has 0 spiro atoms. The summed E-state index contributed by atoms with van der Waals surface area (Å²) in [4.78, 5) is 37.6. The van der Waals surface area contributed by atoms with Crippen LogP contribution in [0.5, 0.6) is 0 Å². The molecule has 8 heteroatoms. The second kappa shape index (κ2) is 7.48. The van der Waals surface area contributed by atoms with Crippen molar-refractivity contribution >= 4 is 34.2 Å². The first-order chi connectivity index (χ1) is 14.1. The average molecular weight is 390 g/mol. The van der Waals surface area contributed by atoms with Crippen molar-refractivity contribution in [3.63, 3.8) is 0 Å². The molecule has 0 radical (unpaired) electrons. The van der Waals surface area contributed by atoms with Crippen molar-refractivity contribution in [1.82, 2.24) is 15.3 Å². The van der Waals surface area contributed by atoms with E-state index in [2.05, 4.69) is 32.5 Å². The highest BCUT2D eigenvalue weighted by atomic mass is 16.2. The van der Waals surface area contributed by atoms with Gasteiger partial charge in [-0.2, -0.15) is 0 Å². The third-order valence-corrected chi connectivity index (χ3v) is 5.05. The molecule has 29 heavy (non-hydrogen) atoms. The van der Waals surface area contributed by atoms with Gasteiger partial charge in [0.2, 0.25) is 5.54 Å². The molecule has 2 amide bonds. The third-order valence-electron chi connectivity index (χ3n) is 5.05. The molecule has 4 rings (SSSR count). The number of primary amides is 1. The van der Waals surface area contributed by atoms with E-state index in [0.717, 1.165) is 23.9 Å². The van der Waals surface area contributed by atoms with Crippen molar-refractivity contribution in [2.24, 2.45) is 10.7 Å². The Balaban J connectivity index is 1.72. The van der Waals surface area contributed by atoms with Crippen LogP contribution in [-0.4, -0.2) is 34.2 Å². The number of hydrogen-bond donors (Lipinski definition) is 4. The Morgan fingerprint density at radius 3 is 2.69 bits per heavy atom. The SMILES string of the molecule is CCCc1ccccc1NC(=O)C1=NCNC1(C(N)=O)c1nc2ccccc2[nH]1. The number of rotatable bonds is 6. The Hall–Kier alpha value is -3.52. The summed E-state index contributed by atoms with van der Waals surface area (Å²) < 4.78 is 0. The maximum Gasteiger partial charge on any atom is 0.272 e. The monoisotopic (exact) mass is 390 g/mol. The molecule has 1 aliphatic rings. The number of carbonyl (C=O) groups excluding carboxylic acids is 2. The number of nitrogens with two attached hydrogens (primary N) is 1. The number of hydrogen-bond acceptors (Lipinski definition) is 5. The van der Waals surface area contributed by atoms with Gasteiger partial charge in [-0.05, 0) is 30.2 Å². The molecule has 2 heterocycles. The Bertz CT molecular complexity index is 1090. The van der Waals surface area contributed by atoms with Crippen LogP contribution in [0.3, 0.4) is 0 Å². The third kappa shape index (κ3) is 3.17. The minimum absolute atomic E-state index is 0.00430. The van der Waals surface area contributed by atoms with Crippen molar-refractivity contribution in [3.8, 4) is 0 Å². The van der Waals surface area contributed by atoms with Gasteiger partial charge in [-0.3, -0.25) is 19.9 Å². The number of para-hydroxylation sites is 3. The van der Waals surface area contributed by atoms with E-state index in [1.807, 2.05) is 48.5 Å². The van der Waals surface area contributed by atoms with E-state index >= 15 is 0 Å². The zero-order valence-corrected chi connectivity index (χ0v) is 16.0. The number of nitrogens with one attached hydrogen (secondary N) is 3. The van der Waals surface area contributed by atoms with Crippen molar-refractivity contribution in [2.45, 2.75) is 25.3 Å². The number of aryl methyl sites for hydroxylation is 1. The van der Waals surface area contributed by atoms with Gasteiger partial charge in [-0.25, -0.2) is 4.98 Å². The molecule has 1 unspecified atom stereocenters. The highest BCUT2D eigenvalue weighted by Gasteiger charge is 2.52. The van der Waals surface area contributed by atoms with Crippen molar-refractivity contribution in [1.29, 1.82) is 0 Å². The first-order valence-corrected chi connectivity index (χ1v) is 9.50. The molecule has 148 valence electrons. The van der Waals surface area contributed by atoms with Gasteiger partial charge >= 0.3 is 0 Å². The van der Waals surface area contributed by atoms with Gasteiger partial charge in [-0.15, -0.1) is 0 Å². The second-order valence-corrected chi connectivity index (χ2v) is 6.92. The van der Waals surface area contributed by atoms with Gasteiger partial charge in [0, 0.05) is 5.69 Å². The number of amides is 2. The molecule has 3 aromatic rings. The lowest BCUT2D eigenvalue weighted by Gasteiger charge is -2.25. The predicted octanol–water partition coefficient (Wildman–Crippen LogP) is 1.84. The Morgan fingerprint density at radius 2 is 1.93 bits per heavy atom. The van der Waals surface area contributed by atoms with Crippen LogP contribution in [0.1, 0.15) is 24.7 Å². The molecule has 0 bridgehead atoms. The van der Waals surface area contributed by atoms with Crippen LogP contribution in [0.25, 0.3) is 11.0 Å². The second-order valence-electron chi connectivity index (χ2n) is 6.92. The Morgan fingerprint density at radius 1 is 1.17 bits per heavy atom. The first kappa shape index (κ1) is 18.8. The lowest BCUT2D eigenvalue weighted by Crippen LogP contribution is -2.58. The van der Waals surface area contributed by atoms with E-state index in [0.29, 0.717) is 11.2 Å². The van der Waals surface area contributed by atoms with Crippen molar-refractivity contribution in [2.75, 3.05) is 12.0 Å². The van der Waals surface area contributed by atoms with Crippen molar-refractivity contribution in [3.05, 3.63) is 59.9 Å². The standard InChI is InChI=1S/C21H22N6O2/c1-2-7-13-8-3-4-9-14(13)25-18(28)17-21(19(22)29,24-12-23-17)20-26-15-10-5-6-11-16(15)27-20/h3-6,8-11,24H,2,7,12H2,1H3,(H2,22,29)(H,25,28)(H,26,27). The van der Waals surface area contributed by atoms with E-state index in [-0.39, 0.29) is 18.2 Å². The van der Waals surface area contributed by atoms with Crippen LogP contribution < -0.4 is 16.4 Å². The average Bonchev–Trinajstić information content (AvgIpc) is 3.34. The minimum Gasteiger partial charge on any atom is -0.367 e. The number of benzene rings is 2. The smallest absolute Gasteiger partial charge is 0.272 e. The summed E-state index contributed by atoms with van der Waals surface area (Å²) in [6.07, 6.45) is 1.77.